The number of aliphatic hydroxyl groups excluding tert-OH is 2. The van der Waals surface area contributed by atoms with Crippen LogP contribution in [0.15, 0.2) is 46.5 Å². The van der Waals surface area contributed by atoms with Gasteiger partial charge in [-0.3, -0.25) is 18.3 Å². The lowest BCUT2D eigenvalue weighted by Crippen LogP contribution is -2.42. The SMILES string of the molecule is Cn1c(=O)n([C@@H]2O[C@H](COP(=O)(O)CP(=O)(O)O)C(O)C2O)cc/c1=N/OCc1ccc(C(F)(F)F)cc1. The molecule has 0 saturated carbocycles. The van der Waals surface area contributed by atoms with Gasteiger partial charge in [-0.15, -0.1) is 0 Å². The Morgan fingerprint density at radius 1 is 1.08 bits per heavy atom. The maximum Gasteiger partial charge on any atom is 0.416 e. The fourth-order valence-corrected chi connectivity index (χ4v) is 5.97. The zero-order valence-electron chi connectivity index (χ0n) is 19.5. The molecule has 0 amide bonds. The Hall–Kier alpha value is -2.33. The third-order valence-electron chi connectivity index (χ3n) is 5.32. The minimum atomic E-state index is -4.89. The first kappa shape index (κ1) is 30.2. The molecule has 1 aromatic carbocycles. The molecule has 1 aliphatic heterocycles. The van der Waals surface area contributed by atoms with Crippen LogP contribution in [0.1, 0.15) is 17.4 Å². The van der Waals surface area contributed by atoms with Crippen molar-refractivity contribution in [2.45, 2.75) is 37.3 Å². The van der Waals surface area contributed by atoms with Gasteiger partial charge in [0.1, 0.15) is 24.9 Å². The number of rotatable bonds is 9. The Labute approximate surface area is 211 Å². The summed E-state index contributed by atoms with van der Waals surface area (Å²) in [4.78, 5) is 45.2. The van der Waals surface area contributed by atoms with Gasteiger partial charge >= 0.3 is 27.1 Å². The van der Waals surface area contributed by atoms with Crippen molar-refractivity contribution in [2.24, 2.45) is 12.2 Å². The fraction of sp³-hybridized carbons (Fsp3) is 0.474. The first-order valence-electron chi connectivity index (χ1n) is 10.6. The molecule has 0 bridgehead atoms. The van der Waals surface area contributed by atoms with Gasteiger partial charge < -0.3 is 39.0 Å². The van der Waals surface area contributed by atoms with Gasteiger partial charge in [0.25, 0.3) is 0 Å². The van der Waals surface area contributed by atoms with Crippen molar-refractivity contribution >= 4 is 15.2 Å². The number of halogens is 3. The van der Waals surface area contributed by atoms with Crippen LogP contribution in [0.4, 0.5) is 13.2 Å². The molecule has 1 aromatic heterocycles. The first-order chi connectivity index (χ1) is 17.5. The van der Waals surface area contributed by atoms with E-state index in [2.05, 4.69) is 9.68 Å². The second kappa shape index (κ2) is 11.4. The molecule has 2 heterocycles. The van der Waals surface area contributed by atoms with Crippen LogP contribution >= 0.6 is 15.2 Å². The largest absolute Gasteiger partial charge is 0.416 e. The fourth-order valence-electron chi connectivity index (χ4n) is 3.40. The Balaban J connectivity index is 1.69. The summed E-state index contributed by atoms with van der Waals surface area (Å²) in [5, 5.41) is 24.3. The summed E-state index contributed by atoms with van der Waals surface area (Å²) in [5.74, 6) is -1.46. The monoisotopic (exact) mass is 589 g/mol. The molecule has 5 N–H and O–H groups in total. The van der Waals surface area contributed by atoms with E-state index < -0.39 is 69.7 Å². The van der Waals surface area contributed by atoms with Gasteiger partial charge in [0.05, 0.1) is 12.2 Å². The lowest BCUT2D eigenvalue weighted by atomic mass is 10.1. The van der Waals surface area contributed by atoms with Crippen LogP contribution in [-0.4, -0.2) is 64.8 Å². The molecule has 5 atom stereocenters. The van der Waals surface area contributed by atoms with Gasteiger partial charge in [0, 0.05) is 19.3 Å². The normalized spacial score (nSPS) is 24.4. The second-order valence-corrected chi connectivity index (χ2v) is 12.3. The van der Waals surface area contributed by atoms with Crippen molar-refractivity contribution in [2.75, 3.05) is 12.5 Å². The van der Waals surface area contributed by atoms with Crippen LogP contribution in [0.25, 0.3) is 0 Å². The number of hydrogen-bond donors (Lipinski definition) is 5. The van der Waals surface area contributed by atoms with Crippen molar-refractivity contribution in [1.29, 1.82) is 0 Å². The van der Waals surface area contributed by atoms with Crippen LogP contribution in [0.3, 0.4) is 0 Å². The summed E-state index contributed by atoms with van der Waals surface area (Å²) in [6.45, 7) is -1.02. The predicted molar refractivity (Wildman–Crippen MR) is 120 cm³/mol. The lowest BCUT2D eigenvalue weighted by Gasteiger charge is -2.19. The third kappa shape index (κ3) is 7.62. The quantitative estimate of drug-likeness (QED) is 0.197. The van der Waals surface area contributed by atoms with Crippen molar-refractivity contribution in [1.82, 2.24) is 9.13 Å². The van der Waals surface area contributed by atoms with Crippen LogP contribution in [-0.2, 0) is 43.1 Å². The van der Waals surface area contributed by atoms with Gasteiger partial charge in [-0.1, -0.05) is 17.3 Å². The number of ether oxygens (including phenoxy) is 1. The number of benzene rings is 1. The highest BCUT2D eigenvalue weighted by atomic mass is 31.2. The molecule has 0 radical (unpaired) electrons. The van der Waals surface area contributed by atoms with E-state index in [0.717, 1.165) is 27.5 Å². The number of hydrogen-bond acceptors (Lipinski definition) is 9. The Morgan fingerprint density at radius 2 is 1.71 bits per heavy atom. The van der Waals surface area contributed by atoms with Crippen molar-refractivity contribution in [3.05, 3.63) is 63.6 Å². The highest BCUT2D eigenvalue weighted by Gasteiger charge is 2.45. The molecule has 38 heavy (non-hydrogen) atoms. The number of aromatic nitrogens is 2. The Bertz CT molecular complexity index is 1360. The number of aliphatic hydroxyl groups is 2. The van der Waals surface area contributed by atoms with Gasteiger partial charge in [-0.05, 0) is 17.7 Å². The van der Waals surface area contributed by atoms with Crippen molar-refractivity contribution < 1.29 is 61.3 Å². The molecule has 0 spiro atoms. The average Bonchev–Trinajstić information content (AvgIpc) is 3.07. The van der Waals surface area contributed by atoms with Crippen LogP contribution in [0, 0.1) is 0 Å². The molecule has 1 aliphatic rings. The maximum atomic E-state index is 12.8. The zero-order chi connectivity index (χ0) is 28.5. The highest BCUT2D eigenvalue weighted by Crippen LogP contribution is 2.55. The lowest BCUT2D eigenvalue weighted by molar-refractivity contribution is -0.137. The summed E-state index contributed by atoms with van der Waals surface area (Å²) < 4.78 is 72.6. The summed E-state index contributed by atoms with van der Waals surface area (Å²) in [6.07, 6.45) is -9.62. The van der Waals surface area contributed by atoms with Crippen LogP contribution in [0.2, 0.25) is 0 Å². The summed E-state index contributed by atoms with van der Waals surface area (Å²) in [7, 11) is -8.35. The molecular formula is C19H24F3N3O11P2. The molecule has 0 aliphatic carbocycles. The topological polar surface area (TPSA) is 202 Å². The number of nitrogens with zero attached hydrogens (tertiary/aromatic N) is 3. The maximum absolute atomic E-state index is 12.8. The van der Waals surface area contributed by atoms with E-state index in [4.69, 9.17) is 19.4 Å². The number of alkyl halides is 3. The van der Waals surface area contributed by atoms with Gasteiger partial charge in [-0.25, -0.2) is 4.79 Å². The minimum absolute atomic E-state index is 0.00950. The molecule has 3 unspecified atom stereocenters. The molecule has 2 aromatic rings. The molecular weight excluding hydrogens is 565 g/mol. The average molecular weight is 589 g/mol. The molecule has 212 valence electrons. The molecule has 1 saturated heterocycles. The summed E-state index contributed by atoms with van der Waals surface area (Å²) >= 11 is 0. The van der Waals surface area contributed by atoms with Gasteiger partial charge in [0.15, 0.2) is 17.6 Å². The van der Waals surface area contributed by atoms with E-state index in [1.165, 1.54) is 25.2 Å². The van der Waals surface area contributed by atoms with Crippen molar-refractivity contribution in [3.63, 3.8) is 0 Å². The summed E-state index contributed by atoms with van der Waals surface area (Å²) in [6, 6.07) is 5.47. The van der Waals surface area contributed by atoms with Crippen molar-refractivity contribution in [3.8, 4) is 0 Å². The standard InChI is InChI=1S/C19H24F3N3O11P2/c1-24-14(23-34-8-11-2-4-12(5-3-11)19(20,21)22)6-7-25(18(24)28)17-16(27)15(26)13(36-17)9-35-38(32,33)10-37(29,30)31/h2-7,13,15-17,26-27H,8-10H2,1H3,(H,32,33)(H2,29,30,31)/b23-14-/t13-,15?,16?,17-/m1/s1. The molecule has 14 nitrogen and oxygen atoms in total. The van der Waals surface area contributed by atoms with E-state index in [9.17, 15) is 42.2 Å². The molecule has 19 heteroatoms. The second-order valence-electron chi connectivity index (χ2n) is 8.27. The molecule has 3 rings (SSSR count). The summed E-state index contributed by atoms with van der Waals surface area (Å²) in [5.41, 5.74) is -1.24. The van der Waals surface area contributed by atoms with E-state index in [-0.39, 0.29) is 12.1 Å². The van der Waals surface area contributed by atoms with Crippen LogP contribution in [0.5, 0.6) is 0 Å². The van der Waals surface area contributed by atoms with E-state index in [0.29, 0.717) is 5.56 Å². The highest BCUT2D eigenvalue weighted by molar-refractivity contribution is 7.70. The van der Waals surface area contributed by atoms with Crippen LogP contribution < -0.4 is 11.2 Å². The zero-order valence-corrected chi connectivity index (χ0v) is 21.2. The first-order valence-corrected chi connectivity index (χ1v) is 14.2. The molecule has 1 fully saturated rings. The van der Waals surface area contributed by atoms with E-state index in [1.54, 1.807) is 0 Å². The van der Waals surface area contributed by atoms with E-state index >= 15 is 0 Å². The Morgan fingerprint density at radius 3 is 2.29 bits per heavy atom. The van der Waals surface area contributed by atoms with E-state index in [1.807, 2.05) is 0 Å². The van der Waals surface area contributed by atoms with Gasteiger partial charge in [0.2, 0.25) is 0 Å². The predicted octanol–water partition coefficient (Wildman–Crippen LogP) is 0.195. The smallest absolute Gasteiger partial charge is 0.389 e. The van der Waals surface area contributed by atoms with Gasteiger partial charge in [-0.2, -0.15) is 13.2 Å². The third-order valence-corrected chi connectivity index (χ3v) is 8.78. The minimum Gasteiger partial charge on any atom is -0.389 e. The Kier molecular flexibility index (Phi) is 9.08.